The molecule has 4 aliphatic rings. The number of aliphatic hydroxyl groups is 1. The van der Waals surface area contributed by atoms with Crippen LogP contribution in [-0.4, -0.2) is 65.3 Å². The summed E-state index contributed by atoms with van der Waals surface area (Å²) in [4.78, 5) is 63.0. The molecule has 0 aliphatic heterocycles. The molecule has 4 aliphatic carbocycles. The molecule has 0 aromatic carbocycles. The fourth-order valence-corrected chi connectivity index (χ4v) is 11.2. The van der Waals surface area contributed by atoms with Gasteiger partial charge in [0.15, 0.2) is 5.78 Å². The summed E-state index contributed by atoms with van der Waals surface area (Å²) in [6, 6.07) is 0. The number of aliphatic hydroxyl groups excluding tert-OH is 1. The smallest absolute Gasteiger partial charge is 0.303 e. The first-order chi connectivity index (χ1) is 21.9. The summed E-state index contributed by atoms with van der Waals surface area (Å²) in [6.07, 6.45) is 0.843. The van der Waals surface area contributed by atoms with Crippen LogP contribution in [0.3, 0.4) is 0 Å². The Balaban J connectivity index is 1.68. The number of Topliss-reactive ketones (excluding diaryl/α,β-unsaturated/α-hetero) is 1. The lowest BCUT2D eigenvalue weighted by molar-refractivity contribution is -0.209. The van der Waals surface area contributed by atoms with Gasteiger partial charge in [0.05, 0.1) is 0 Å². The van der Waals surface area contributed by atoms with Crippen molar-refractivity contribution in [3.63, 3.8) is 0 Å². The van der Waals surface area contributed by atoms with E-state index in [9.17, 15) is 29.1 Å². The quantitative estimate of drug-likeness (QED) is 0.237. The molecule has 0 aromatic heterocycles. The summed E-state index contributed by atoms with van der Waals surface area (Å²) in [6.45, 7) is 18.1. The normalized spacial score (nSPS) is 38.9. The Hall–Kier alpha value is -2.49. The Morgan fingerprint density at radius 3 is 1.89 bits per heavy atom. The van der Waals surface area contributed by atoms with Crippen LogP contribution in [0.4, 0.5) is 0 Å². The van der Waals surface area contributed by atoms with E-state index >= 15 is 0 Å². The molecule has 0 aromatic rings. The van der Waals surface area contributed by atoms with E-state index in [1.807, 2.05) is 0 Å². The van der Waals surface area contributed by atoms with Gasteiger partial charge in [-0.15, -0.1) is 0 Å². The first kappa shape index (κ1) is 37.3. The van der Waals surface area contributed by atoms with Gasteiger partial charge in [-0.2, -0.15) is 0 Å². The summed E-state index contributed by atoms with van der Waals surface area (Å²) in [5.41, 5.74) is -0.803. The monoisotopic (exact) mass is 662 g/mol. The number of carbonyl (C=O) groups is 5. The Kier molecular flexibility index (Phi) is 11.2. The van der Waals surface area contributed by atoms with E-state index in [1.165, 1.54) is 27.7 Å². The summed E-state index contributed by atoms with van der Waals surface area (Å²) < 4.78 is 23.3. The van der Waals surface area contributed by atoms with Crippen LogP contribution >= 0.6 is 0 Å². The average molecular weight is 663 g/mol. The summed E-state index contributed by atoms with van der Waals surface area (Å²) in [5, 5.41) is 11.8. The maximum absolute atomic E-state index is 14.1. The zero-order valence-corrected chi connectivity index (χ0v) is 30.1. The number of ether oxygens (including phenoxy) is 4. The fraction of sp³-hybridized carbons (Fsp3) is 0.865. The standard InChI is InChI=1S/C37H58O10/c1-11-24(18(2)3)35(47-23(8)41)34(46-22(7)40)19(4)25-12-13-26-31-27(14-15-36(25,26)9)37(10)17-30(45-21(6)39)29(44-20(5)38)16-28(37)32(42)33(31)43/h18-19,24-31,33-35,43H,11-17H2,1-10H3/t19-,24-,25+,26-,27-,28+,29-,30+,31-,33?,34-,35-,36+,37+/m0/s1. The van der Waals surface area contributed by atoms with Gasteiger partial charge in [-0.05, 0) is 85.4 Å². The highest BCUT2D eigenvalue weighted by Crippen LogP contribution is 2.68. The van der Waals surface area contributed by atoms with Crippen molar-refractivity contribution in [3.8, 4) is 0 Å². The first-order valence-electron chi connectivity index (χ1n) is 17.8. The molecule has 0 radical (unpaired) electrons. The van der Waals surface area contributed by atoms with E-state index in [4.69, 9.17) is 18.9 Å². The molecule has 0 heterocycles. The van der Waals surface area contributed by atoms with Crippen LogP contribution in [0.1, 0.15) is 114 Å². The highest BCUT2D eigenvalue weighted by atomic mass is 16.6. The van der Waals surface area contributed by atoms with Gasteiger partial charge in [0.2, 0.25) is 0 Å². The predicted octanol–water partition coefficient (Wildman–Crippen LogP) is 5.45. The van der Waals surface area contributed by atoms with Crippen molar-refractivity contribution < 1.29 is 48.0 Å². The summed E-state index contributed by atoms with van der Waals surface area (Å²) >= 11 is 0. The minimum absolute atomic E-state index is 0.00612. The molecular weight excluding hydrogens is 604 g/mol. The van der Waals surface area contributed by atoms with Crippen molar-refractivity contribution in [2.75, 3.05) is 0 Å². The Morgan fingerprint density at radius 2 is 1.36 bits per heavy atom. The second-order valence-corrected chi connectivity index (χ2v) is 16.0. The van der Waals surface area contributed by atoms with Crippen LogP contribution in [0.25, 0.3) is 0 Å². The number of hydrogen-bond acceptors (Lipinski definition) is 10. The fourth-order valence-electron chi connectivity index (χ4n) is 11.2. The zero-order valence-electron chi connectivity index (χ0n) is 30.1. The van der Waals surface area contributed by atoms with Gasteiger partial charge < -0.3 is 24.1 Å². The molecule has 10 nitrogen and oxygen atoms in total. The highest BCUT2D eigenvalue weighted by Gasteiger charge is 2.67. The van der Waals surface area contributed by atoms with Crippen LogP contribution in [0.15, 0.2) is 0 Å². The first-order valence-corrected chi connectivity index (χ1v) is 17.8. The molecule has 4 fully saturated rings. The van der Waals surface area contributed by atoms with E-state index in [0.29, 0.717) is 6.42 Å². The molecule has 1 unspecified atom stereocenters. The Bertz CT molecular complexity index is 1210. The van der Waals surface area contributed by atoms with E-state index < -0.39 is 65.7 Å². The second kappa shape index (κ2) is 14.2. The minimum Gasteiger partial charge on any atom is -0.459 e. The lowest BCUT2D eigenvalue weighted by Crippen LogP contribution is -2.65. The lowest BCUT2D eigenvalue weighted by atomic mass is 9.43. The molecule has 0 amide bonds. The lowest BCUT2D eigenvalue weighted by Gasteiger charge is -2.62. The molecule has 0 spiro atoms. The molecule has 1 N–H and O–H groups in total. The maximum Gasteiger partial charge on any atom is 0.303 e. The molecule has 266 valence electrons. The van der Waals surface area contributed by atoms with Gasteiger partial charge in [0, 0.05) is 45.4 Å². The number of rotatable bonds is 10. The van der Waals surface area contributed by atoms with Crippen LogP contribution < -0.4 is 0 Å². The number of hydrogen-bond donors (Lipinski definition) is 1. The van der Waals surface area contributed by atoms with Gasteiger partial charge in [-0.25, -0.2) is 0 Å². The minimum atomic E-state index is -1.15. The molecule has 0 bridgehead atoms. The van der Waals surface area contributed by atoms with Crippen LogP contribution in [-0.2, 0) is 42.9 Å². The highest BCUT2D eigenvalue weighted by molar-refractivity contribution is 5.88. The third-order valence-electron chi connectivity index (χ3n) is 13.0. The molecule has 0 saturated heterocycles. The van der Waals surface area contributed by atoms with E-state index in [2.05, 4.69) is 41.5 Å². The van der Waals surface area contributed by atoms with Crippen molar-refractivity contribution in [2.45, 2.75) is 145 Å². The number of fused-ring (bicyclic) bond motifs is 5. The van der Waals surface area contributed by atoms with Gasteiger partial charge in [0.1, 0.15) is 30.5 Å². The molecular formula is C37H58O10. The van der Waals surface area contributed by atoms with Gasteiger partial charge in [0.25, 0.3) is 0 Å². The zero-order chi connectivity index (χ0) is 35.2. The van der Waals surface area contributed by atoms with E-state index in [1.54, 1.807) is 0 Å². The van der Waals surface area contributed by atoms with Gasteiger partial charge in [-0.3, -0.25) is 24.0 Å². The van der Waals surface area contributed by atoms with Crippen LogP contribution in [0.2, 0.25) is 0 Å². The van der Waals surface area contributed by atoms with Crippen LogP contribution in [0.5, 0.6) is 0 Å². The third kappa shape index (κ3) is 7.00. The van der Waals surface area contributed by atoms with E-state index in [0.717, 1.165) is 32.1 Å². The molecule has 10 heteroatoms. The van der Waals surface area contributed by atoms with Crippen molar-refractivity contribution in [1.82, 2.24) is 0 Å². The second-order valence-electron chi connectivity index (χ2n) is 16.0. The SMILES string of the molecule is CC[C@@H](C(C)C)[C@H](OC(C)=O)[C@@H](OC(C)=O)[C@@H](C)[C@H]1CC[C@H]2[C@@H]3C(O)C(=O)[C@H]4C[C@H](OC(C)=O)[C@H](OC(C)=O)C[C@]4(C)[C@H]3CC[C@]12C. The number of carbonyl (C=O) groups excluding carboxylic acids is 5. The predicted molar refractivity (Wildman–Crippen MR) is 172 cm³/mol. The van der Waals surface area contributed by atoms with Crippen molar-refractivity contribution in [1.29, 1.82) is 0 Å². The van der Waals surface area contributed by atoms with E-state index in [-0.39, 0.29) is 59.0 Å². The maximum atomic E-state index is 14.1. The van der Waals surface area contributed by atoms with Crippen molar-refractivity contribution in [3.05, 3.63) is 0 Å². The summed E-state index contributed by atoms with van der Waals surface area (Å²) in [7, 11) is 0. The Morgan fingerprint density at radius 1 is 0.809 bits per heavy atom. The topological polar surface area (TPSA) is 143 Å². The third-order valence-corrected chi connectivity index (χ3v) is 13.0. The van der Waals surface area contributed by atoms with Crippen LogP contribution in [0, 0.1) is 58.2 Å². The van der Waals surface area contributed by atoms with Crippen molar-refractivity contribution >= 4 is 29.7 Å². The van der Waals surface area contributed by atoms with Gasteiger partial charge in [-0.1, -0.05) is 41.5 Å². The van der Waals surface area contributed by atoms with Crippen molar-refractivity contribution in [2.24, 2.45) is 58.2 Å². The molecule has 4 saturated carbocycles. The van der Waals surface area contributed by atoms with Gasteiger partial charge >= 0.3 is 23.9 Å². The molecule has 4 rings (SSSR count). The average Bonchev–Trinajstić information content (AvgIpc) is 3.31. The summed E-state index contributed by atoms with van der Waals surface area (Å²) in [5.74, 6) is -2.61. The molecule has 14 atom stereocenters. The largest absolute Gasteiger partial charge is 0.459 e. The Labute approximate surface area is 280 Å². The number of ketones is 1. The number of esters is 4. The molecule has 47 heavy (non-hydrogen) atoms.